The maximum atomic E-state index is 13.1. The molecule has 3 rings (SSSR count). The Hall–Kier alpha value is -2.05. The summed E-state index contributed by atoms with van der Waals surface area (Å²) in [4.78, 5) is 12.0. The average Bonchev–Trinajstić information content (AvgIpc) is 3.17. The minimum atomic E-state index is -4.74. The van der Waals surface area contributed by atoms with Crippen LogP contribution in [0.25, 0.3) is 5.69 Å². The maximum Gasteiger partial charge on any atom is 0.418 e. The fourth-order valence-electron chi connectivity index (χ4n) is 2.51. The van der Waals surface area contributed by atoms with Gasteiger partial charge in [-0.25, -0.2) is 9.07 Å². The second-order valence-corrected chi connectivity index (χ2v) is 5.18. The average molecular weight is 300 g/mol. The molecule has 3 nitrogen and oxygen atoms in total. The predicted molar refractivity (Wildman–Crippen MR) is 67.9 cm³/mol. The van der Waals surface area contributed by atoms with E-state index >= 15 is 0 Å². The van der Waals surface area contributed by atoms with Crippen LogP contribution in [-0.2, 0) is 13.2 Å². The highest BCUT2D eigenvalue weighted by molar-refractivity contribution is 5.43. The molecule has 0 aliphatic heterocycles. The summed E-state index contributed by atoms with van der Waals surface area (Å²) in [7, 11) is 1.54. The van der Waals surface area contributed by atoms with Gasteiger partial charge >= 0.3 is 6.18 Å². The van der Waals surface area contributed by atoms with Crippen molar-refractivity contribution in [2.45, 2.75) is 24.9 Å². The fourth-order valence-corrected chi connectivity index (χ4v) is 2.51. The molecule has 0 radical (unpaired) electrons. The van der Waals surface area contributed by atoms with Gasteiger partial charge in [0.15, 0.2) is 0 Å². The molecule has 1 saturated carbocycles. The number of aromatic nitrogens is 2. The van der Waals surface area contributed by atoms with Gasteiger partial charge in [0.1, 0.15) is 5.82 Å². The Labute approximate surface area is 117 Å². The van der Waals surface area contributed by atoms with Gasteiger partial charge in [-0.2, -0.15) is 13.2 Å². The Morgan fingerprint density at radius 1 is 1.19 bits per heavy atom. The van der Waals surface area contributed by atoms with E-state index < -0.39 is 23.1 Å². The third kappa shape index (κ3) is 2.36. The zero-order chi connectivity index (χ0) is 15.4. The first-order valence-corrected chi connectivity index (χ1v) is 6.45. The number of hydrogen-bond donors (Lipinski definition) is 0. The summed E-state index contributed by atoms with van der Waals surface area (Å²) in [6, 6.07) is 3.66. The molecule has 0 N–H and O–H groups in total. The molecule has 0 atom stereocenters. The van der Waals surface area contributed by atoms with Crippen LogP contribution < -0.4 is 5.56 Å². The van der Waals surface area contributed by atoms with Crippen molar-refractivity contribution in [2.24, 2.45) is 7.05 Å². The molecule has 2 aromatic rings. The van der Waals surface area contributed by atoms with Crippen LogP contribution in [0.1, 0.15) is 30.0 Å². The van der Waals surface area contributed by atoms with Crippen molar-refractivity contribution < 1.29 is 17.6 Å². The minimum absolute atomic E-state index is 0.221. The second kappa shape index (κ2) is 4.47. The summed E-state index contributed by atoms with van der Waals surface area (Å²) in [5.41, 5.74) is -1.36. The summed E-state index contributed by atoms with van der Waals surface area (Å²) in [6.45, 7) is 0. The molecule has 21 heavy (non-hydrogen) atoms. The molecule has 1 aromatic carbocycles. The highest BCUT2D eigenvalue weighted by Gasteiger charge is 2.36. The fraction of sp³-hybridized carbons (Fsp3) is 0.357. The van der Waals surface area contributed by atoms with E-state index in [4.69, 9.17) is 0 Å². The Balaban J connectivity index is 2.24. The molecule has 1 fully saturated rings. The van der Waals surface area contributed by atoms with Crippen LogP contribution in [-0.4, -0.2) is 9.36 Å². The maximum absolute atomic E-state index is 13.1. The second-order valence-electron chi connectivity index (χ2n) is 5.18. The van der Waals surface area contributed by atoms with E-state index in [9.17, 15) is 22.4 Å². The minimum Gasteiger partial charge on any atom is -0.285 e. The Bertz CT molecular complexity index is 753. The number of rotatable bonds is 2. The molecule has 1 aliphatic rings. The quantitative estimate of drug-likeness (QED) is 0.782. The van der Waals surface area contributed by atoms with E-state index in [1.807, 2.05) is 0 Å². The van der Waals surface area contributed by atoms with Crippen LogP contribution in [0.2, 0.25) is 0 Å². The standard InChI is InChI=1S/C14H12F4N2O/c1-19-12(8-2-3-8)7-13(21)20(19)11-5-4-9(15)6-10(11)14(16,17)18/h4-8H,2-3H2,1H3. The van der Waals surface area contributed by atoms with Gasteiger partial charge in [-0.1, -0.05) is 0 Å². The molecule has 0 saturated heterocycles. The van der Waals surface area contributed by atoms with E-state index in [0.717, 1.165) is 29.7 Å². The van der Waals surface area contributed by atoms with Crippen LogP contribution in [0.15, 0.2) is 29.1 Å². The first kappa shape index (κ1) is 13.9. The van der Waals surface area contributed by atoms with Gasteiger partial charge < -0.3 is 0 Å². The largest absolute Gasteiger partial charge is 0.418 e. The summed E-state index contributed by atoms with van der Waals surface area (Å²) in [6.07, 6.45) is -2.89. The molecule has 0 bridgehead atoms. The van der Waals surface area contributed by atoms with Crippen molar-refractivity contribution in [1.82, 2.24) is 9.36 Å². The van der Waals surface area contributed by atoms with E-state index in [1.54, 1.807) is 7.05 Å². The Kier molecular flexibility index (Phi) is 2.96. The Morgan fingerprint density at radius 2 is 1.86 bits per heavy atom. The van der Waals surface area contributed by atoms with Gasteiger partial charge in [-0.05, 0) is 31.0 Å². The molecule has 0 unspecified atom stereocenters. The van der Waals surface area contributed by atoms with Crippen LogP contribution in [0, 0.1) is 5.82 Å². The number of nitrogens with zero attached hydrogens (tertiary/aromatic N) is 2. The normalized spacial score (nSPS) is 15.5. The lowest BCUT2D eigenvalue weighted by atomic mass is 10.1. The van der Waals surface area contributed by atoms with E-state index in [2.05, 4.69) is 0 Å². The Morgan fingerprint density at radius 3 is 2.43 bits per heavy atom. The molecule has 1 aromatic heterocycles. The third-order valence-corrected chi connectivity index (χ3v) is 3.64. The van der Waals surface area contributed by atoms with Gasteiger partial charge in [-0.3, -0.25) is 9.48 Å². The van der Waals surface area contributed by atoms with Crippen molar-refractivity contribution in [3.63, 3.8) is 0 Å². The van der Waals surface area contributed by atoms with E-state index in [1.165, 1.54) is 10.7 Å². The molecule has 112 valence electrons. The SMILES string of the molecule is Cn1c(C2CC2)cc(=O)n1-c1ccc(F)cc1C(F)(F)F. The van der Waals surface area contributed by atoms with Gasteiger partial charge in [0.25, 0.3) is 5.56 Å². The molecule has 1 aliphatic carbocycles. The van der Waals surface area contributed by atoms with Crippen molar-refractivity contribution in [3.05, 3.63) is 51.7 Å². The number of benzene rings is 1. The lowest BCUT2D eigenvalue weighted by Crippen LogP contribution is -2.23. The van der Waals surface area contributed by atoms with E-state index in [-0.39, 0.29) is 11.6 Å². The summed E-state index contributed by atoms with van der Waals surface area (Å²) in [5.74, 6) is -0.769. The van der Waals surface area contributed by atoms with Crippen molar-refractivity contribution in [1.29, 1.82) is 0 Å². The van der Waals surface area contributed by atoms with Crippen LogP contribution in [0.3, 0.4) is 0 Å². The van der Waals surface area contributed by atoms with Crippen molar-refractivity contribution in [3.8, 4) is 5.69 Å². The molecule has 0 spiro atoms. The molecular formula is C14H12F4N2O. The summed E-state index contributed by atoms with van der Waals surface area (Å²) in [5, 5.41) is 0. The van der Waals surface area contributed by atoms with Gasteiger partial charge in [0.2, 0.25) is 0 Å². The molecule has 0 amide bonds. The van der Waals surface area contributed by atoms with Gasteiger partial charge in [0, 0.05) is 24.7 Å². The lowest BCUT2D eigenvalue weighted by Gasteiger charge is -2.16. The van der Waals surface area contributed by atoms with Crippen LogP contribution >= 0.6 is 0 Å². The summed E-state index contributed by atoms with van der Waals surface area (Å²) < 4.78 is 54.7. The smallest absolute Gasteiger partial charge is 0.285 e. The van der Waals surface area contributed by atoms with Gasteiger partial charge in [-0.15, -0.1) is 0 Å². The van der Waals surface area contributed by atoms with Crippen molar-refractivity contribution >= 4 is 0 Å². The monoisotopic (exact) mass is 300 g/mol. The first-order valence-electron chi connectivity index (χ1n) is 6.45. The molecular weight excluding hydrogens is 288 g/mol. The number of alkyl halides is 3. The third-order valence-electron chi connectivity index (χ3n) is 3.64. The predicted octanol–water partition coefficient (Wildman–Crippen LogP) is 3.21. The van der Waals surface area contributed by atoms with Crippen molar-refractivity contribution in [2.75, 3.05) is 0 Å². The first-order chi connectivity index (χ1) is 9.79. The number of hydrogen-bond acceptors (Lipinski definition) is 1. The highest BCUT2D eigenvalue weighted by Crippen LogP contribution is 2.40. The topological polar surface area (TPSA) is 26.9 Å². The van der Waals surface area contributed by atoms with Crippen LogP contribution in [0.4, 0.5) is 17.6 Å². The molecule has 1 heterocycles. The zero-order valence-electron chi connectivity index (χ0n) is 11.1. The zero-order valence-corrected chi connectivity index (χ0v) is 11.1. The van der Waals surface area contributed by atoms with E-state index in [0.29, 0.717) is 11.8 Å². The summed E-state index contributed by atoms with van der Waals surface area (Å²) >= 11 is 0. The number of halogens is 4. The van der Waals surface area contributed by atoms with Crippen LogP contribution in [0.5, 0.6) is 0 Å². The van der Waals surface area contributed by atoms with Gasteiger partial charge in [0.05, 0.1) is 11.3 Å². The highest BCUT2D eigenvalue weighted by atomic mass is 19.4. The molecule has 7 heteroatoms. The lowest BCUT2D eigenvalue weighted by molar-refractivity contribution is -0.137.